The van der Waals surface area contributed by atoms with Crippen molar-refractivity contribution < 1.29 is 9.53 Å². The molecule has 136 valence electrons. The number of fused-ring (bicyclic) bond motifs is 1. The molecule has 5 heteroatoms. The van der Waals surface area contributed by atoms with Crippen molar-refractivity contribution in [3.8, 4) is 5.75 Å². The standard InChI is InChI=1S/C21H25N3O2/c1-14(25)24-18-9-10-19(26-3)20-17(13-23-21(18)20)16(11-12-22-2)15-7-5-4-6-8-15/h4-10,13,16,22-23H,11-12H2,1-3H3,(H,24,25). The Morgan fingerprint density at radius 2 is 1.96 bits per heavy atom. The molecule has 0 saturated carbocycles. The zero-order chi connectivity index (χ0) is 18.5. The van der Waals surface area contributed by atoms with E-state index in [1.807, 2.05) is 31.4 Å². The molecule has 1 amide bonds. The number of carbonyl (C=O) groups excluding carboxylic acids is 1. The molecule has 3 N–H and O–H groups in total. The minimum absolute atomic E-state index is 0.0950. The molecule has 0 radical (unpaired) electrons. The Morgan fingerprint density at radius 1 is 1.19 bits per heavy atom. The van der Waals surface area contributed by atoms with Gasteiger partial charge in [-0.2, -0.15) is 0 Å². The number of methoxy groups -OCH3 is 1. The molecule has 0 saturated heterocycles. The van der Waals surface area contributed by atoms with Crippen molar-refractivity contribution in [1.82, 2.24) is 10.3 Å². The SMILES string of the molecule is CNCCC(c1ccccc1)c1c[nH]c2c(NC(C)=O)ccc(OC)c12. The van der Waals surface area contributed by atoms with Crippen LogP contribution < -0.4 is 15.4 Å². The van der Waals surface area contributed by atoms with Crippen LogP contribution in [0.4, 0.5) is 5.69 Å². The van der Waals surface area contributed by atoms with Crippen molar-refractivity contribution >= 4 is 22.5 Å². The van der Waals surface area contributed by atoms with E-state index in [0.717, 1.165) is 35.3 Å². The number of H-pyrrole nitrogens is 1. The summed E-state index contributed by atoms with van der Waals surface area (Å²) >= 11 is 0. The Hall–Kier alpha value is -2.79. The van der Waals surface area contributed by atoms with Crippen LogP contribution in [0.2, 0.25) is 0 Å². The minimum atomic E-state index is -0.0950. The first kappa shape index (κ1) is 18.0. The molecule has 5 nitrogen and oxygen atoms in total. The summed E-state index contributed by atoms with van der Waals surface area (Å²) in [5, 5.41) is 7.16. The van der Waals surface area contributed by atoms with Crippen LogP contribution in [0, 0.1) is 0 Å². The second kappa shape index (κ2) is 8.06. The van der Waals surface area contributed by atoms with Crippen molar-refractivity contribution in [3.05, 3.63) is 59.8 Å². The molecule has 1 atom stereocenters. The van der Waals surface area contributed by atoms with Crippen LogP contribution in [0.25, 0.3) is 10.9 Å². The largest absolute Gasteiger partial charge is 0.496 e. The lowest BCUT2D eigenvalue weighted by Crippen LogP contribution is -2.13. The number of aromatic nitrogens is 1. The summed E-state index contributed by atoms with van der Waals surface area (Å²) < 4.78 is 5.63. The van der Waals surface area contributed by atoms with E-state index in [9.17, 15) is 4.79 Å². The van der Waals surface area contributed by atoms with Gasteiger partial charge in [-0.15, -0.1) is 0 Å². The van der Waals surface area contributed by atoms with Crippen LogP contribution in [0.3, 0.4) is 0 Å². The van der Waals surface area contributed by atoms with Crippen molar-refractivity contribution in [1.29, 1.82) is 0 Å². The van der Waals surface area contributed by atoms with Crippen LogP contribution in [0.1, 0.15) is 30.4 Å². The Labute approximate surface area is 153 Å². The summed E-state index contributed by atoms with van der Waals surface area (Å²) in [5.41, 5.74) is 4.08. The van der Waals surface area contributed by atoms with Gasteiger partial charge in [-0.1, -0.05) is 30.3 Å². The monoisotopic (exact) mass is 351 g/mol. The number of aromatic amines is 1. The van der Waals surface area contributed by atoms with Gasteiger partial charge in [0.15, 0.2) is 0 Å². The Bertz CT molecular complexity index is 887. The van der Waals surface area contributed by atoms with Gasteiger partial charge in [-0.05, 0) is 43.3 Å². The first-order chi connectivity index (χ1) is 12.7. The van der Waals surface area contributed by atoms with Crippen LogP contribution in [-0.4, -0.2) is 31.6 Å². The number of hydrogen-bond donors (Lipinski definition) is 3. The van der Waals surface area contributed by atoms with Gasteiger partial charge in [0.2, 0.25) is 5.91 Å². The van der Waals surface area contributed by atoms with Crippen LogP contribution in [0.5, 0.6) is 5.75 Å². The van der Waals surface area contributed by atoms with E-state index in [1.165, 1.54) is 18.1 Å². The molecule has 1 unspecified atom stereocenters. The minimum Gasteiger partial charge on any atom is -0.496 e. The number of benzene rings is 2. The summed E-state index contributed by atoms with van der Waals surface area (Å²) in [5.74, 6) is 0.928. The quantitative estimate of drug-likeness (QED) is 0.605. The Balaban J connectivity index is 2.16. The number of nitrogens with one attached hydrogen (secondary N) is 3. The van der Waals surface area contributed by atoms with Crippen molar-refractivity contribution in [2.75, 3.05) is 26.0 Å². The predicted octanol–water partition coefficient (Wildman–Crippen LogP) is 3.88. The van der Waals surface area contributed by atoms with Crippen molar-refractivity contribution in [2.45, 2.75) is 19.3 Å². The number of amides is 1. The van der Waals surface area contributed by atoms with Crippen LogP contribution >= 0.6 is 0 Å². The number of ether oxygens (including phenoxy) is 1. The fourth-order valence-corrected chi connectivity index (χ4v) is 3.46. The molecule has 0 aliphatic carbocycles. The molecule has 3 aromatic rings. The lowest BCUT2D eigenvalue weighted by atomic mass is 9.88. The molecular formula is C21H25N3O2. The summed E-state index contributed by atoms with van der Waals surface area (Å²) in [6.45, 7) is 2.42. The first-order valence-corrected chi connectivity index (χ1v) is 8.80. The zero-order valence-corrected chi connectivity index (χ0v) is 15.4. The fourth-order valence-electron chi connectivity index (χ4n) is 3.46. The predicted molar refractivity (Wildman–Crippen MR) is 106 cm³/mol. The maximum atomic E-state index is 11.6. The number of carbonyl (C=O) groups is 1. The lowest BCUT2D eigenvalue weighted by molar-refractivity contribution is -0.114. The smallest absolute Gasteiger partial charge is 0.221 e. The fraction of sp³-hybridized carbons (Fsp3) is 0.286. The summed E-state index contributed by atoms with van der Waals surface area (Å²) in [6.07, 6.45) is 2.99. The summed E-state index contributed by atoms with van der Waals surface area (Å²) in [4.78, 5) is 14.9. The topological polar surface area (TPSA) is 66.2 Å². The molecular weight excluding hydrogens is 326 g/mol. The highest BCUT2D eigenvalue weighted by Gasteiger charge is 2.21. The normalized spacial score (nSPS) is 12.1. The highest BCUT2D eigenvalue weighted by Crippen LogP contribution is 2.40. The number of anilines is 1. The highest BCUT2D eigenvalue weighted by molar-refractivity contribution is 6.03. The van der Waals surface area contributed by atoms with Gasteiger partial charge in [-0.25, -0.2) is 0 Å². The van der Waals surface area contributed by atoms with E-state index in [1.54, 1.807) is 7.11 Å². The van der Waals surface area contributed by atoms with Gasteiger partial charge >= 0.3 is 0 Å². The Kier molecular flexibility index (Phi) is 5.58. The molecule has 0 spiro atoms. The molecule has 2 aromatic carbocycles. The average molecular weight is 351 g/mol. The van der Waals surface area contributed by atoms with Crippen molar-refractivity contribution in [3.63, 3.8) is 0 Å². The second-order valence-electron chi connectivity index (χ2n) is 6.35. The molecule has 0 aliphatic rings. The van der Waals surface area contributed by atoms with E-state index >= 15 is 0 Å². The molecule has 26 heavy (non-hydrogen) atoms. The van der Waals surface area contributed by atoms with E-state index in [0.29, 0.717) is 0 Å². The maximum absolute atomic E-state index is 11.6. The molecule has 0 fully saturated rings. The van der Waals surface area contributed by atoms with Crippen LogP contribution in [0.15, 0.2) is 48.7 Å². The third-order valence-corrected chi connectivity index (χ3v) is 4.62. The van der Waals surface area contributed by atoms with Gasteiger partial charge in [0, 0.05) is 24.4 Å². The second-order valence-corrected chi connectivity index (χ2v) is 6.35. The number of rotatable bonds is 7. The van der Waals surface area contributed by atoms with E-state index in [4.69, 9.17) is 4.74 Å². The van der Waals surface area contributed by atoms with Gasteiger partial charge < -0.3 is 20.4 Å². The van der Waals surface area contributed by atoms with E-state index < -0.39 is 0 Å². The van der Waals surface area contributed by atoms with E-state index in [-0.39, 0.29) is 11.8 Å². The van der Waals surface area contributed by atoms with Gasteiger partial charge in [0.25, 0.3) is 0 Å². The number of hydrogen-bond acceptors (Lipinski definition) is 3. The molecule has 3 rings (SSSR count). The van der Waals surface area contributed by atoms with Crippen LogP contribution in [-0.2, 0) is 4.79 Å². The molecule has 0 aliphatic heterocycles. The molecule has 0 bridgehead atoms. The maximum Gasteiger partial charge on any atom is 0.221 e. The van der Waals surface area contributed by atoms with Gasteiger partial charge in [0.05, 0.1) is 18.3 Å². The third-order valence-electron chi connectivity index (χ3n) is 4.62. The summed E-state index contributed by atoms with van der Waals surface area (Å²) in [7, 11) is 3.64. The highest BCUT2D eigenvalue weighted by atomic mass is 16.5. The van der Waals surface area contributed by atoms with Crippen molar-refractivity contribution in [2.24, 2.45) is 0 Å². The average Bonchev–Trinajstić information content (AvgIpc) is 3.08. The third kappa shape index (κ3) is 3.58. The molecule has 1 aromatic heterocycles. The lowest BCUT2D eigenvalue weighted by Gasteiger charge is -2.18. The van der Waals surface area contributed by atoms with Gasteiger partial charge in [-0.3, -0.25) is 4.79 Å². The van der Waals surface area contributed by atoms with Gasteiger partial charge in [0.1, 0.15) is 5.75 Å². The Morgan fingerprint density at radius 3 is 2.62 bits per heavy atom. The summed E-state index contributed by atoms with van der Waals surface area (Å²) in [6, 6.07) is 14.3. The first-order valence-electron chi connectivity index (χ1n) is 8.80. The van der Waals surface area contributed by atoms with E-state index in [2.05, 4.69) is 39.9 Å². The zero-order valence-electron chi connectivity index (χ0n) is 15.4. The molecule has 1 heterocycles.